The fourth-order valence-corrected chi connectivity index (χ4v) is 2.32. The number of anilines is 1. The first kappa shape index (κ1) is 9.07. The van der Waals surface area contributed by atoms with Crippen LogP contribution in [-0.4, -0.2) is 15.0 Å². The summed E-state index contributed by atoms with van der Waals surface area (Å²) in [6.45, 7) is 0. The second-order valence-corrected chi connectivity index (χ2v) is 4.67. The number of rotatable bonds is 2. The lowest BCUT2D eigenvalue weighted by Crippen LogP contribution is -2.09. The molecule has 0 saturated heterocycles. The third-order valence-corrected chi connectivity index (χ3v) is 3.35. The molecule has 0 unspecified atom stereocenters. The van der Waals surface area contributed by atoms with Crippen molar-refractivity contribution >= 4 is 5.95 Å². The monoisotopic (exact) mass is 204 g/mol. The molecule has 2 aliphatic rings. The van der Waals surface area contributed by atoms with E-state index in [1.54, 1.807) is 0 Å². The molecule has 1 aromatic heterocycles. The highest BCUT2D eigenvalue weighted by molar-refractivity contribution is 5.21. The highest BCUT2D eigenvalue weighted by Gasteiger charge is 2.29. The lowest BCUT2D eigenvalue weighted by Gasteiger charge is -2.09. The molecule has 2 saturated carbocycles. The van der Waals surface area contributed by atoms with Gasteiger partial charge >= 0.3 is 0 Å². The van der Waals surface area contributed by atoms with Gasteiger partial charge in [-0.25, -0.2) is 4.98 Å². The zero-order chi connectivity index (χ0) is 10.3. The topological polar surface area (TPSA) is 64.7 Å². The first-order chi connectivity index (χ1) is 7.33. The molecule has 0 bridgehead atoms. The number of hydrogen-bond donors (Lipinski definition) is 1. The molecular formula is C11H16N4. The van der Waals surface area contributed by atoms with Crippen molar-refractivity contribution in [3.8, 4) is 0 Å². The summed E-state index contributed by atoms with van der Waals surface area (Å²) < 4.78 is 0. The van der Waals surface area contributed by atoms with Crippen molar-refractivity contribution in [2.24, 2.45) is 0 Å². The van der Waals surface area contributed by atoms with Crippen molar-refractivity contribution in [2.75, 3.05) is 5.73 Å². The smallest absolute Gasteiger partial charge is 0.223 e. The zero-order valence-corrected chi connectivity index (χ0v) is 8.82. The molecular weight excluding hydrogens is 188 g/mol. The maximum absolute atomic E-state index is 5.73. The van der Waals surface area contributed by atoms with E-state index in [9.17, 15) is 0 Å². The van der Waals surface area contributed by atoms with E-state index < -0.39 is 0 Å². The summed E-state index contributed by atoms with van der Waals surface area (Å²) >= 11 is 0. The Balaban J connectivity index is 1.91. The molecule has 0 amide bonds. The molecule has 4 nitrogen and oxygen atoms in total. The van der Waals surface area contributed by atoms with Crippen molar-refractivity contribution in [1.29, 1.82) is 0 Å². The van der Waals surface area contributed by atoms with Gasteiger partial charge in [-0.1, -0.05) is 12.8 Å². The Morgan fingerprint density at radius 1 is 0.800 bits per heavy atom. The molecule has 0 aliphatic heterocycles. The van der Waals surface area contributed by atoms with Gasteiger partial charge in [0.2, 0.25) is 5.95 Å². The van der Waals surface area contributed by atoms with Gasteiger partial charge in [-0.05, 0) is 25.7 Å². The van der Waals surface area contributed by atoms with Crippen LogP contribution in [0.1, 0.15) is 62.0 Å². The molecule has 0 atom stereocenters. The summed E-state index contributed by atoms with van der Waals surface area (Å²) in [5, 5.41) is 0. The van der Waals surface area contributed by atoms with Crippen LogP contribution >= 0.6 is 0 Å². The van der Waals surface area contributed by atoms with Gasteiger partial charge in [-0.15, -0.1) is 0 Å². The molecule has 2 N–H and O–H groups in total. The van der Waals surface area contributed by atoms with Gasteiger partial charge in [-0.2, -0.15) is 9.97 Å². The molecule has 4 heteroatoms. The minimum absolute atomic E-state index is 0.411. The molecule has 2 aliphatic carbocycles. The van der Waals surface area contributed by atoms with Gasteiger partial charge < -0.3 is 5.73 Å². The van der Waals surface area contributed by atoms with Gasteiger partial charge in [0.25, 0.3) is 0 Å². The number of hydrogen-bond acceptors (Lipinski definition) is 4. The van der Waals surface area contributed by atoms with Crippen LogP contribution in [0.3, 0.4) is 0 Å². The Labute approximate surface area is 89.3 Å². The van der Waals surface area contributed by atoms with E-state index in [-0.39, 0.29) is 0 Å². The predicted octanol–water partition coefficient (Wildman–Crippen LogP) is 1.99. The number of nitrogens with two attached hydrogens (primary N) is 1. The van der Waals surface area contributed by atoms with E-state index >= 15 is 0 Å². The summed E-state index contributed by atoms with van der Waals surface area (Å²) in [5.74, 6) is 3.39. The Morgan fingerprint density at radius 2 is 1.33 bits per heavy atom. The van der Waals surface area contributed by atoms with E-state index in [0.717, 1.165) is 11.6 Å². The van der Waals surface area contributed by atoms with Crippen molar-refractivity contribution in [3.05, 3.63) is 11.6 Å². The van der Waals surface area contributed by atoms with Gasteiger partial charge in [0.1, 0.15) is 11.6 Å². The maximum atomic E-state index is 5.73. The van der Waals surface area contributed by atoms with E-state index in [2.05, 4.69) is 15.0 Å². The van der Waals surface area contributed by atoms with Gasteiger partial charge in [0.15, 0.2) is 0 Å². The van der Waals surface area contributed by atoms with E-state index in [1.807, 2.05) is 0 Å². The highest BCUT2D eigenvalue weighted by Crippen LogP contribution is 2.39. The van der Waals surface area contributed by atoms with Crippen LogP contribution in [0.25, 0.3) is 0 Å². The molecule has 0 spiro atoms. The second kappa shape index (κ2) is 3.43. The molecule has 80 valence electrons. The standard InChI is InChI=1S/C11H16N4/c12-11-14-9(7-3-1-2-4-7)13-10(15-11)8-5-6-8/h7-8H,1-6H2,(H2,12,13,14,15). The predicted molar refractivity (Wildman–Crippen MR) is 57.4 cm³/mol. The molecule has 0 aromatic carbocycles. The first-order valence-electron chi connectivity index (χ1n) is 5.84. The Kier molecular flexibility index (Phi) is 2.08. The third-order valence-electron chi connectivity index (χ3n) is 3.35. The molecule has 3 rings (SSSR count). The van der Waals surface area contributed by atoms with Crippen molar-refractivity contribution in [1.82, 2.24) is 15.0 Å². The fourth-order valence-electron chi connectivity index (χ4n) is 2.32. The van der Waals surface area contributed by atoms with Crippen LogP contribution in [-0.2, 0) is 0 Å². The summed E-state index contributed by atoms with van der Waals surface area (Å²) in [7, 11) is 0. The summed E-state index contributed by atoms with van der Waals surface area (Å²) in [5.41, 5.74) is 5.73. The largest absolute Gasteiger partial charge is 0.368 e. The lowest BCUT2D eigenvalue weighted by molar-refractivity contribution is 0.652. The Hall–Kier alpha value is -1.19. The van der Waals surface area contributed by atoms with E-state index in [4.69, 9.17) is 5.73 Å². The number of nitrogens with zero attached hydrogens (tertiary/aromatic N) is 3. The summed E-state index contributed by atoms with van der Waals surface area (Å²) in [6, 6.07) is 0. The van der Waals surface area contributed by atoms with Crippen LogP contribution < -0.4 is 5.73 Å². The van der Waals surface area contributed by atoms with Gasteiger partial charge in [0.05, 0.1) is 0 Å². The number of nitrogen functional groups attached to an aromatic ring is 1. The Morgan fingerprint density at radius 3 is 1.87 bits per heavy atom. The Bertz CT molecular complexity index is 367. The average molecular weight is 204 g/mol. The molecule has 1 aromatic rings. The van der Waals surface area contributed by atoms with Crippen LogP contribution in [0.4, 0.5) is 5.95 Å². The SMILES string of the molecule is Nc1nc(C2CCCC2)nc(C2CC2)n1. The van der Waals surface area contributed by atoms with Crippen molar-refractivity contribution in [3.63, 3.8) is 0 Å². The minimum atomic E-state index is 0.411. The molecule has 2 fully saturated rings. The highest BCUT2D eigenvalue weighted by atomic mass is 15.1. The normalized spacial score (nSPS) is 22.1. The van der Waals surface area contributed by atoms with E-state index in [1.165, 1.54) is 38.5 Å². The second-order valence-electron chi connectivity index (χ2n) is 4.67. The van der Waals surface area contributed by atoms with Crippen LogP contribution in [0.2, 0.25) is 0 Å². The average Bonchev–Trinajstić information content (AvgIpc) is 2.93. The van der Waals surface area contributed by atoms with Crippen LogP contribution in [0.15, 0.2) is 0 Å². The summed E-state index contributed by atoms with van der Waals surface area (Å²) in [4.78, 5) is 13.1. The van der Waals surface area contributed by atoms with Crippen molar-refractivity contribution in [2.45, 2.75) is 50.4 Å². The van der Waals surface area contributed by atoms with Crippen LogP contribution in [0, 0.1) is 0 Å². The molecule has 15 heavy (non-hydrogen) atoms. The molecule has 0 radical (unpaired) electrons. The molecule has 1 heterocycles. The minimum Gasteiger partial charge on any atom is -0.368 e. The van der Waals surface area contributed by atoms with Crippen molar-refractivity contribution < 1.29 is 0 Å². The summed E-state index contributed by atoms with van der Waals surface area (Å²) in [6.07, 6.45) is 7.46. The van der Waals surface area contributed by atoms with Crippen LogP contribution in [0.5, 0.6) is 0 Å². The fraction of sp³-hybridized carbons (Fsp3) is 0.727. The lowest BCUT2D eigenvalue weighted by atomic mass is 10.1. The van der Waals surface area contributed by atoms with Gasteiger partial charge in [0, 0.05) is 11.8 Å². The quantitative estimate of drug-likeness (QED) is 0.800. The third kappa shape index (κ3) is 1.80. The van der Waals surface area contributed by atoms with E-state index in [0.29, 0.717) is 17.8 Å². The zero-order valence-electron chi connectivity index (χ0n) is 8.82. The number of aromatic nitrogens is 3. The van der Waals surface area contributed by atoms with Gasteiger partial charge in [-0.3, -0.25) is 0 Å². The first-order valence-corrected chi connectivity index (χ1v) is 5.84. The maximum Gasteiger partial charge on any atom is 0.223 e.